The number of alkyl halides is 1. The Morgan fingerprint density at radius 2 is 2.00 bits per heavy atom. The van der Waals surface area contributed by atoms with Gasteiger partial charge in [-0.1, -0.05) is 12.1 Å². The highest BCUT2D eigenvalue weighted by molar-refractivity contribution is 9.11. The molecule has 90 valence electrons. The van der Waals surface area contributed by atoms with Crippen LogP contribution in [0.5, 0.6) is 0 Å². The molecular formula is C13H11BrClFS. The normalized spacial score (nSPS) is 12.7. The van der Waals surface area contributed by atoms with Crippen molar-refractivity contribution in [2.75, 3.05) is 0 Å². The van der Waals surface area contributed by atoms with Gasteiger partial charge in [0, 0.05) is 4.88 Å². The topological polar surface area (TPSA) is 0 Å². The van der Waals surface area contributed by atoms with Gasteiger partial charge in [-0.25, -0.2) is 4.39 Å². The van der Waals surface area contributed by atoms with Crippen molar-refractivity contribution in [3.05, 3.63) is 55.9 Å². The second kappa shape index (κ2) is 5.51. The van der Waals surface area contributed by atoms with E-state index in [9.17, 15) is 4.39 Å². The van der Waals surface area contributed by atoms with Crippen LogP contribution in [0.1, 0.15) is 21.4 Å². The summed E-state index contributed by atoms with van der Waals surface area (Å²) in [5.74, 6) is -0.214. The summed E-state index contributed by atoms with van der Waals surface area (Å²) in [4.78, 5) is 1.22. The lowest BCUT2D eigenvalue weighted by Crippen LogP contribution is -1.96. The summed E-state index contributed by atoms with van der Waals surface area (Å²) in [5, 5.41) is -0.0667. The molecule has 0 saturated heterocycles. The molecule has 0 amide bonds. The Morgan fingerprint density at radius 3 is 2.53 bits per heavy atom. The molecule has 0 spiro atoms. The summed E-state index contributed by atoms with van der Waals surface area (Å²) < 4.78 is 13.9. The van der Waals surface area contributed by atoms with Gasteiger partial charge >= 0.3 is 0 Å². The van der Waals surface area contributed by atoms with Crippen molar-refractivity contribution in [3.8, 4) is 0 Å². The Morgan fingerprint density at radius 1 is 1.35 bits per heavy atom. The fourth-order valence-corrected chi connectivity index (χ4v) is 3.95. The van der Waals surface area contributed by atoms with Crippen molar-refractivity contribution in [2.24, 2.45) is 0 Å². The maximum Gasteiger partial charge on any atom is 0.123 e. The smallest absolute Gasteiger partial charge is 0.123 e. The van der Waals surface area contributed by atoms with E-state index in [1.807, 2.05) is 0 Å². The Hall–Kier alpha value is -0.380. The van der Waals surface area contributed by atoms with E-state index in [1.54, 1.807) is 23.5 Å². The van der Waals surface area contributed by atoms with Crippen molar-refractivity contribution in [1.29, 1.82) is 0 Å². The van der Waals surface area contributed by atoms with Gasteiger partial charge in [-0.2, -0.15) is 0 Å². The van der Waals surface area contributed by atoms with E-state index in [0.29, 0.717) is 6.42 Å². The van der Waals surface area contributed by atoms with Crippen LogP contribution in [0, 0.1) is 12.7 Å². The largest absolute Gasteiger partial charge is 0.207 e. The zero-order chi connectivity index (χ0) is 12.4. The number of benzene rings is 1. The minimum Gasteiger partial charge on any atom is -0.207 e. The summed E-state index contributed by atoms with van der Waals surface area (Å²) in [7, 11) is 0. The third-order valence-electron chi connectivity index (χ3n) is 2.59. The zero-order valence-corrected chi connectivity index (χ0v) is 12.4. The molecule has 2 rings (SSSR count). The lowest BCUT2D eigenvalue weighted by atomic mass is 10.0. The molecule has 0 nitrogen and oxygen atoms in total. The lowest BCUT2D eigenvalue weighted by Gasteiger charge is -2.09. The van der Waals surface area contributed by atoms with Crippen LogP contribution in [0.2, 0.25) is 0 Å². The van der Waals surface area contributed by atoms with Crippen molar-refractivity contribution >= 4 is 38.9 Å². The monoisotopic (exact) mass is 332 g/mol. The number of thiophene rings is 1. The molecule has 0 aliphatic rings. The van der Waals surface area contributed by atoms with E-state index >= 15 is 0 Å². The van der Waals surface area contributed by atoms with Crippen LogP contribution in [0.15, 0.2) is 34.1 Å². The molecule has 0 radical (unpaired) electrons. The number of hydrogen-bond donors (Lipinski definition) is 0. The maximum absolute atomic E-state index is 12.8. The molecule has 0 N–H and O–H groups in total. The first kappa shape index (κ1) is 13.1. The molecule has 1 unspecified atom stereocenters. The average Bonchev–Trinajstić information content (AvgIpc) is 2.61. The summed E-state index contributed by atoms with van der Waals surface area (Å²) in [6, 6.07) is 8.55. The Labute approximate surface area is 118 Å². The van der Waals surface area contributed by atoms with Gasteiger partial charge < -0.3 is 0 Å². The van der Waals surface area contributed by atoms with Crippen molar-refractivity contribution in [3.63, 3.8) is 0 Å². The van der Waals surface area contributed by atoms with Crippen molar-refractivity contribution in [1.82, 2.24) is 0 Å². The molecule has 1 heterocycles. The predicted molar refractivity (Wildman–Crippen MR) is 75.5 cm³/mol. The number of aryl methyl sites for hydroxylation is 1. The third-order valence-corrected chi connectivity index (χ3v) is 4.55. The summed E-state index contributed by atoms with van der Waals surface area (Å²) in [5.41, 5.74) is 2.20. The first-order valence-corrected chi connectivity index (χ1v) is 7.25. The third kappa shape index (κ3) is 3.30. The van der Waals surface area contributed by atoms with E-state index in [4.69, 9.17) is 11.6 Å². The van der Waals surface area contributed by atoms with Crippen molar-refractivity contribution < 1.29 is 4.39 Å². The van der Waals surface area contributed by atoms with Crippen LogP contribution in [0.25, 0.3) is 0 Å². The van der Waals surface area contributed by atoms with E-state index < -0.39 is 0 Å². The van der Waals surface area contributed by atoms with Crippen LogP contribution in [-0.2, 0) is 6.42 Å². The fraction of sp³-hybridized carbons (Fsp3) is 0.231. The second-order valence-electron chi connectivity index (χ2n) is 3.86. The van der Waals surface area contributed by atoms with Gasteiger partial charge in [-0.15, -0.1) is 22.9 Å². The molecule has 2 aromatic rings. The van der Waals surface area contributed by atoms with Crippen LogP contribution in [0.3, 0.4) is 0 Å². The molecule has 4 heteroatoms. The molecule has 1 aromatic heterocycles. The highest BCUT2D eigenvalue weighted by Gasteiger charge is 2.14. The molecule has 0 fully saturated rings. The fourth-order valence-electron chi connectivity index (χ4n) is 1.71. The summed E-state index contributed by atoms with van der Waals surface area (Å²) >= 11 is 11.5. The predicted octanol–water partition coefficient (Wildman–Crippen LogP) is 5.48. The minimum absolute atomic E-state index is 0.0667. The summed E-state index contributed by atoms with van der Waals surface area (Å²) in [6.45, 7) is 2.06. The van der Waals surface area contributed by atoms with Gasteiger partial charge in [0.2, 0.25) is 0 Å². The molecular weight excluding hydrogens is 323 g/mol. The van der Waals surface area contributed by atoms with Gasteiger partial charge in [0.05, 0.1) is 9.16 Å². The molecule has 1 atom stereocenters. The van der Waals surface area contributed by atoms with E-state index in [0.717, 1.165) is 14.9 Å². The Bertz CT molecular complexity index is 507. The zero-order valence-electron chi connectivity index (χ0n) is 9.21. The molecule has 17 heavy (non-hydrogen) atoms. The van der Waals surface area contributed by atoms with Gasteiger partial charge in [0.1, 0.15) is 5.82 Å². The summed E-state index contributed by atoms with van der Waals surface area (Å²) in [6.07, 6.45) is 0.714. The molecule has 0 bridgehead atoms. The Balaban J connectivity index is 2.14. The van der Waals surface area contributed by atoms with Gasteiger partial charge in [-0.3, -0.25) is 0 Å². The van der Waals surface area contributed by atoms with Gasteiger partial charge in [0.25, 0.3) is 0 Å². The van der Waals surface area contributed by atoms with Crippen LogP contribution < -0.4 is 0 Å². The van der Waals surface area contributed by atoms with Crippen LogP contribution >= 0.6 is 38.9 Å². The first-order chi connectivity index (χ1) is 8.06. The molecule has 0 saturated carbocycles. The lowest BCUT2D eigenvalue weighted by molar-refractivity contribution is 0.627. The van der Waals surface area contributed by atoms with E-state index in [2.05, 4.69) is 28.9 Å². The van der Waals surface area contributed by atoms with Crippen LogP contribution in [-0.4, -0.2) is 0 Å². The minimum atomic E-state index is -0.214. The number of rotatable bonds is 3. The highest BCUT2D eigenvalue weighted by Crippen LogP contribution is 2.35. The van der Waals surface area contributed by atoms with Gasteiger partial charge in [0.15, 0.2) is 0 Å². The average molecular weight is 334 g/mol. The van der Waals surface area contributed by atoms with Crippen LogP contribution in [0.4, 0.5) is 4.39 Å². The quantitative estimate of drug-likeness (QED) is 0.652. The SMILES string of the molecule is Cc1sc(Br)cc1C(Cl)Cc1ccc(F)cc1. The first-order valence-electron chi connectivity index (χ1n) is 5.20. The maximum atomic E-state index is 12.8. The van der Waals surface area contributed by atoms with E-state index in [1.165, 1.54) is 17.0 Å². The van der Waals surface area contributed by atoms with E-state index in [-0.39, 0.29) is 11.2 Å². The molecule has 1 aromatic carbocycles. The molecule has 0 aliphatic heterocycles. The second-order valence-corrected chi connectivity index (χ2v) is 7.02. The van der Waals surface area contributed by atoms with Gasteiger partial charge in [-0.05, 0) is 58.6 Å². The van der Waals surface area contributed by atoms with Crippen molar-refractivity contribution in [2.45, 2.75) is 18.7 Å². The number of hydrogen-bond acceptors (Lipinski definition) is 1. The molecule has 0 aliphatic carbocycles. The highest BCUT2D eigenvalue weighted by atomic mass is 79.9. The Kier molecular flexibility index (Phi) is 4.23. The number of halogens is 3. The standard InChI is InChI=1S/C13H11BrClFS/c1-8-11(7-13(14)17-8)12(15)6-9-2-4-10(16)5-3-9/h2-5,7,12H,6H2,1H3.